The minimum Gasteiger partial charge on any atom is -0.545 e. The van der Waals surface area contributed by atoms with Crippen molar-refractivity contribution >= 4 is 27.6 Å². The summed E-state index contributed by atoms with van der Waals surface area (Å²) >= 11 is 3.45. The number of rotatable bonds is 4. The predicted octanol–water partition coefficient (Wildman–Crippen LogP) is -0.571. The van der Waals surface area contributed by atoms with Gasteiger partial charge in [-0.05, 0) is 17.7 Å². The van der Waals surface area contributed by atoms with Gasteiger partial charge in [0.2, 0.25) is 0 Å². The van der Waals surface area contributed by atoms with Gasteiger partial charge in [0.05, 0.1) is 5.97 Å². The number of carboxylic acid groups (broad SMARTS) is 1. The molecule has 2 aromatic carbocycles. The average molecular weight is 344 g/mol. The van der Waals surface area contributed by atoms with E-state index in [0.717, 1.165) is 10.0 Å². The van der Waals surface area contributed by atoms with Crippen molar-refractivity contribution in [1.82, 2.24) is 0 Å². The number of anilines is 1. The van der Waals surface area contributed by atoms with Gasteiger partial charge >= 0.3 is 51.4 Å². The number of halogens is 1. The summed E-state index contributed by atoms with van der Waals surface area (Å²) in [5.74, 6) is -1.18. The molecule has 92 valence electrons. The van der Waals surface area contributed by atoms with Crippen molar-refractivity contribution in [2.24, 2.45) is 0 Å². The van der Waals surface area contributed by atoms with Gasteiger partial charge in [-0.25, -0.2) is 0 Å². The largest absolute Gasteiger partial charge is 1.00 e. The van der Waals surface area contributed by atoms with Crippen LogP contribution >= 0.6 is 15.9 Å². The van der Waals surface area contributed by atoms with Gasteiger partial charge < -0.3 is 15.2 Å². The SMILES string of the molecule is O=C([O-])c1ccccc1NCc1ccccc1Br.[K+]. The molecule has 0 bridgehead atoms. The second-order valence-corrected chi connectivity index (χ2v) is 4.63. The molecule has 0 aliphatic rings. The van der Waals surface area contributed by atoms with E-state index in [4.69, 9.17) is 0 Å². The fraction of sp³-hybridized carbons (Fsp3) is 0.0714. The Morgan fingerprint density at radius 3 is 2.42 bits per heavy atom. The van der Waals surface area contributed by atoms with E-state index < -0.39 is 5.97 Å². The number of benzene rings is 2. The summed E-state index contributed by atoms with van der Waals surface area (Å²) in [6.45, 7) is 0.547. The molecule has 0 aromatic heterocycles. The van der Waals surface area contributed by atoms with Crippen LogP contribution in [0.1, 0.15) is 15.9 Å². The summed E-state index contributed by atoms with van der Waals surface area (Å²) in [4.78, 5) is 10.9. The molecule has 0 unspecified atom stereocenters. The fourth-order valence-electron chi connectivity index (χ4n) is 1.65. The van der Waals surface area contributed by atoms with Gasteiger partial charge in [0.15, 0.2) is 0 Å². The molecule has 0 heterocycles. The van der Waals surface area contributed by atoms with Gasteiger partial charge in [0.25, 0.3) is 0 Å². The molecule has 2 rings (SSSR count). The van der Waals surface area contributed by atoms with Gasteiger partial charge in [-0.3, -0.25) is 0 Å². The maximum absolute atomic E-state index is 10.9. The Morgan fingerprint density at radius 1 is 1.11 bits per heavy atom. The van der Waals surface area contributed by atoms with E-state index in [1.807, 2.05) is 24.3 Å². The maximum Gasteiger partial charge on any atom is 1.00 e. The third-order valence-electron chi connectivity index (χ3n) is 2.57. The second-order valence-electron chi connectivity index (χ2n) is 3.78. The number of carbonyl (C=O) groups is 1. The molecule has 0 atom stereocenters. The topological polar surface area (TPSA) is 52.2 Å². The molecule has 0 fully saturated rings. The van der Waals surface area contributed by atoms with Crippen molar-refractivity contribution in [3.05, 3.63) is 64.1 Å². The number of hydrogen-bond acceptors (Lipinski definition) is 3. The molecule has 19 heavy (non-hydrogen) atoms. The molecule has 0 saturated heterocycles. The average Bonchev–Trinajstić information content (AvgIpc) is 2.38. The molecule has 0 spiro atoms. The Morgan fingerprint density at radius 2 is 1.74 bits per heavy atom. The minimum atomic E-state index is -1.18. The van der Waals surface area contributed by atoms with Crippen LogP contribution in [0.25, 0.3) is 0 Å². The van der Waals surface area contributed by atoms with Gasteiger partial charge in [0, 0.05) is 22.3 Å². The number of aromatic carboxylic acids is 1. The van der Waals surface area contributed by atoms with Crippen molar-refractivity contribution in [2.75, 3.05) is 5.32 Å². The zero-order valence-electron chi connectivity index (χ0n) is 10.5. The molecular formula is C14H11BrKNO2. The van der Waals surface area contributed by atoms with Crippen molar-refractivity contribution in [1.29, 1.82) is 0 Å². The number of para-hydroxylation sites is 1. The van der Waals surface area contributed by atoms with E-state index in [1.54, 1.807) is 18.2 Å². The van der Waals surface area contributed by atoms with Crippen LogP contribution in [0.3, 0.4) is 0 Å². The van der Waals surface area contributed by atoms with Crippen molar-refractivity contribution in [3.63, 3.8) is 0 Å². The Labute approximate surface area is 163 Å². The van der Waals surface area contributed by atoms with Crippen LogP contribution in [-0.2, 0) is 6.54 Å². The first kappa shape index (κ1) is 16.9. The number of hydrogen-bond donors (Lipinski definition) is 1. The number of nitrogens with one attached hydrogen (secondary N) is 1. The van der Waals surface area contributed by atoms with E-state index in [-0.39, 0.29) is 56.9 Å². The van der Waals surface area contributed by atoms with Crippen molar-refractivity contribution < 1.29 is 61.3 Å². The van der Waals surface area contributed by atoms with E-state index in [2.05, 4.69) is 21.2 Å². The fourth-order valence-corrected chi connectivity index (χ4v) is 2.07. The molecule has 5 heteroatoms. The molecule has 1 N–H and O–H groups in total. The van der Waals surface area contributed by atoms with Crippen molar-refractivity contribution in [3.8, 4) is 0 Å². The molecule has 0 amide bonds. The molecule has 2 aromatic rings. The zero-order valence-corrected chi connectivity index (χ0v) is 15.2. The molecule has 0 aliphatic carbocycles. The van der Waals surface area contributed by atoms with Crippen LogP contribution in [0, 0.1) is 0 Å². The van der Waals surface area contributed by atoms with Crippen LogP contribution < -0.4 is 61.8 Å². The van der Waals surface area contributed by atoms with E-state index in [0.29, 0.717) is 12.2 Å². The monoisotopic (exact) mass is 343 g/mol. The zero-order chi connectivity index (χ0) is 13.0. The van der Waals surface area contributed by atoms with E-state index in [1.165, 1.54) is 6.07 Å². The quantitative estimate of drug-likeness (QED) is 0.756. The summed E-state index contributed by atoms with van der Waals surface area (Å²) < 4.78 is 0.989. The van der Waals surface area contributed by atoms with Crippen LogP contribution in [0.2, 0.25) is 0 Å². The third kappa shape index (κ3) is 4.70. The first-order valence-electron chi connectivity index (χ1n) is 5.46. The Bertz CT molecular complexity index is 575. The molecule has 3 nitrogen and oxygen atoms in total. The minimum absolute atomic E-state index is 0. The summed E-state index contributed by atoms with van der Waals surface area (Å²) in [6, 6.07) is 14.5. The van der Waals surface area contributed by atoms with Crippen LogP contribution in [-0.4, -0.2) is 5.97 Å². The Balaban J connectivity index is 0.00000180. The summed E-state index contributed by atoms with van der Waals surface area (Å²) in [6.07, 6.45) is 0. The van der Waals surface area contributed by atoms with Crippen LogP contribution in [0.15, 0.2) is 53.0 Å². The van der Waals surface area contributed by atoms with Gasteiger partial charge in [0.1, 0.15) is 0 Å². The molecule has 0 aliphatic heterocycles. The standard InChI is InChI=1S/C14H12BrNO2.K/c15-12-7-3-1-5-10(12)9-16-13-8-4-2-6-11(13)14(17)18;/h1-8,16H,9H2,(H,17,18);/q;+1/p-1. The van der Waals surface area contributed by atoms with Gasteiger partial charge in [-0.2, -0.15) is 0 Å². The molecule has 0 radical (unpaired) electrons. The third-order valence-corrected chi connectivity index (χ3v) is 3.35. The summed E-state index contributed by atoms with van der Waals surface area (Å²) in [5.41, 5.74) is 1.79. The maximum atomic E-state index is 10.9. The smallest absolute Gasteiger partial charge is 0.545 e. The van der Waals surface area contributed by atoms with Crippen LogP contribution in [0.5, 0.6) is 0 Å². The summed E-state index contributed by atoms with van der Waals surface area (Å²) in [5, 5.41) is 14.0. The Kier molecular flexibility index (Phi) is 7.27. The normalized spacial score (nSPS) is 9.53. The first-order chi connectivity index (χ1) is 8.68. The Hall–Kier alpha value is -0.174. The van der Waals surface area contributed by atoms with Gasteiger partial charge in [-0.1, -0.05) is 52.3 Å². The number of carboxylic acids is 1. The number of carbonyl (C=O) groups excluding carboxylic acids is 1. The second kappa shape index (κ2) is 8.19. The van der Waals surface area contributed by atoms with Crippen molar-refractivity contribution in [2.45, 2.75) is 6.54 Å². The molecular weight excluding hydrogens is 333 g/mol. The first-order valence-corrected chi connectivity index (χ1v) is 6.25. The van der Waals surface area contributed by atoms with E-state index >= 15 is 0 Å². The molecule has 0 saturated carbocycles. The van der Waals surface area contributed by atoms with Crippen LogP contribution in [0.4, 0.5) is 5.69 Å². The summed E-state index contributed by atoms with van der Waals surface area (Å²) in [7, 11) is 0. The predicted molar refractivity (Wildman–Crippen MR) is 72.2 cm³/mol. The van der Waals surface area contributed by atoms with E-state index in [9.17, 15) is 9.90 Å². The van der Waals surface area contributed by atoms with Gasteiger partial charge in [-0.15, -0.1) is 0 Å².